The first-order chi connectivity index (χ1) is 16.6. The number of benzene rings is 2. The third-order valence-corrected chi connectivity index (χ3v) is 5.97. The van der Waals surface area contributed by atoms with Crippen LogP contribution in [0.25, 0.3) is 11.1 Å². The molecule has 2 aromatic rings. The molecule has 2 N–H and O–H groups in total. The predicted octanol–water partition coefficient (Wildman–Crippen LogP) is 4.42. The Bertz CT molecular complexity index is 1030. The summed E-state index contributed by atoms with van der Waals surface area (Å²) < 4.78 is 43.6. The van der Waals surface area contributed by atoms with Gasteiger partial charge in [-0.2, -0.15) is 13.2 Å². The number of hydrogen-bond acceptors (Lipinski definition) is 4. The predicted molar refractivity (Wildman–Crippen MR) is 122 cm³/mol. The molecule has 2 aromatic carbocycles. The van der Waals surface area contributed by atoms with Gasteiger partial charge in [-0.25, -0.2) is 4.79 Å². The molecule has 0 fully saturated rings. The number of carbonyl (C=O) groups excluding carboxylic acids is 2. The normalized spacial score (nSPS) is 13.5. The van der Waals surface area contributed by atoms with Crippen LogP contribution in [0, 0.1) is 5.92 Å². The summed E-state index contributed by atoms with van der Waals surface area (Å²) in [6.45, 7) is -0.856. The zero-order valence-corrected chi connectivity index (χ0v) is 19.2. The average molecular weight is 492 g/mol. The van der Waals surface area contributed by atoms with E-state index >= 15 is 0 Å². The molecule has 1 atom stereocenters. The first-order valence-electron chi connectivity index (χ1n) is 11.2. The van der Waals surface area contributed by atoms with Crippen molar-refractivity contribution in [1.82, 2.24) is 10.2 Å². The van der Waals surface area contributed by atoms with Gasteiger partial charge in [0, 0.05) is 18.9 Å². The van der Waals surface area contributed by atoms with Crippen LogP contribution in [0.2, 0.25) is 0 Å². The lowest BCUT2D eigenvalue weighted by Crippen LogP contribution is -2.43. The van der Waals surface area contributed by atoms with Crippen LogP contribution in [0.5, 0.6) is 0 Å². The minimum atomic E-state index is -4.72. The number of ether oxygens (including phenoxy) is 1. The van der Waals surface area contributed by atoms with Crippen LogP contribution in [0.15, 0.2) is 48.5 Å². The van der Waals surface area contributed by atoms with Crippen molar-refractivity contribution >= 4 is 18.0 Å². The van der Waals surface area contributed by atoms with Crippen molar-refractivity contribution in [2.45, 2.75) is 31.9 Å². The van der Waals surface area contributed by atoms with Gasteiger partial charge in [0.1, 0.15) is 19.7 Å². The Morgan fingerprint density at radius 1 is 1.06 bits per heavy atom. The summed E-state index contributed by atoms with van der Waals surface area (Å²) >= 11 is 0. The number of nitrogens with zero attached hydrogens (tertiary/aromatic N) is 1. The van der Waals surface area contributed by atoms with Gasteiger partial charge in [-0.15, -0.1) is 0 Å². The monoisotopic (exact) mass is 492 g/mol. The largest absolute Gasteiger partial charge is 0.480 e. The van der Waals surface area contributed by atoms with Crippen LogP contribution in [-0.2, 0) is 14.3 Å². The van der Waals surface area contributed by atoms with Crippen molar-refractivity contribution in [2.24, 2.45) is 5.92 Å². The minimum absolute atomic E-state index is 0.00580. The van der Waals surface area contributed by atoms with E-state index in [-0.39, 0.29) is 30.4 Å². The van der Waals surface area contributed by atoms with E-state index in [2.05, 4.69) is 5.32 Å². The quantitative estimate of drug-likeness (QED) is 0.512. The third-order valence-electron chi connectivity index (χ3n) is 5.97. The molecule has 10 heteroatoms. The average Bonchev–Trinajstić information content (AvgIpc) is 3.12. The Hall–Kier alpha value is -3.56. The maximum absolute atomic E-state index is 12.7. The molecule has 188 valence electrons. The molecule has 1 aliphatic carbocycles. The number of carboxylic acids is 1. The van der Waals surface area contributed by atoms with E-state index in [1.54, 1.807) is 6.92 Å². The molecule has 35 heavy (non-hydrogen) atoms. The van der Waals surface area contributed by atoms with Crippen molar-refractivity contribution in [3.8, 4) is 11.1 Å². The molecule has 3 rings (SSSR count). The molecule has 0 saturated heterocycles. The summed E-state index contributed by atoms with van der Waals surface area (Å²) in [5.41, 5.74) is 4.29. The van der Waals surface area contributed by atoms with E-state index in [9.17, 15) is 27.6 Å². The SMILES string of the molecule is CCC(CNC(=O)OCC1c2ccccc2-c2ccccc21)CC(=O)N(CC(=O)O)CC(F)(F)F. The molecule has 7 nitrogen and oxygen atoms in total. The number of carboxylic acid groups (broad SMARTS) is 1. The number of aliphatic carboxylic acids is 1. The number of fused-ring (bicyclic) bond motifs is 3. The van der Waals surface area contributed by atoms with E-state index in [0.717, 1.165) is 22.3 Å². The van der Waals surface area contributed by atoms with E-state index < -0.39 is 43.2 Å². The second-order valence-corrected chi connectivity index (χ2v) is 8.44. The van der Waals surface area contributed by atoms with Gasteiger partial charge in [-0.05, 0) is 28.2 Å². The van der Waals surface area contributed by atoms with Crippen LogP contribution >= 0.6 is 0 Å². The molecular formula is C25H27F3N2O5. The fraction of sp³-hybridized carbons (Fsp3) is 0.400. The number of hydrogen-bond donors (Lipinski definition) is 2. The molecule has 0 aliphatic heterocycles. The fourth-order valence-electron chi connectivity index (χ4n) is 4.23. The van der Waals surface area contributed by atoms with E-state index in [0.29, 0.717) is 6.42 Å². The van der Waals surface area contributed by atoms with Crippen molar-refractivity contribution < 1.29 is 37.4 Å². The number of amides is 2. The van der Waals surface area contributed by atoms with Crippen molar-refractivity contribution in [2.75, 3.05) is 26.2 Å². The molecule has 1 unspecified atom stereocenters. The Kier molecular flexibility index (Phi) is 8.37. The van der Waals surface area contributed by atoms with Gasteiger partial charge >= 0.3 is 18.2 Å². The molecule has 0 aromatic heterocycles. The van der Waals surface area contributed by atoms with Crippen LogP contribution < -0.4 is 5.32 Å². The van der Waals surface area contributed by atoms with E-state index in [1.807, 2.05) is 48.5 Å². The fourth-order valence-corrected chi connectivity index (χ4v) is 4.23. The molecule has 0 bridgehead atoms. The van der Waals surface area contributed by atoms with Crippen LogP contribution in [0.4, 0.5) is 18.0 Å². The highest BCUT2D eigenvalue weighted by Crippen LogP contribution is 2.44. The summed E-state index contributed by atoms with van der Waals surface area (Å²) in [7, 11) is 0. The number of nitrogens with one attached hydrogen (secondary N) is 1. The number of alkyl carbamates (subject to hydrolysis) is 1. The molecule has 0 heterocycles. The number of alkyl halides is 3. The highest BCUT2D eigenvalue weighted by atomic mass is 19.4. The van der Waals surface area contributed by atoms with E-state index in [1.165, 1.54) is 0 Å². The summed E-state index contributed by atoms with van der Waals surface area (Å²) in [6, 6.07) is 15.8. The smallest absolute Gasteiger partial charge is 0.407 e. The van der Waals surface area contributed by atoms with Crippen molar-refractivity contribution in [3.05, 3.63) is 59.7 Å². The second kappa shape index (κ2) is 11.2. The summed E-state index contributed by atoms with van der Waals surface area (Å²) in [5, 5.41) is 11.4. The zero-order valence-electron chi connectivity index (χ0n) is 19.2. The molecular weight excluding hydrogens is 465 g/mol. The Labute approximate surface area is 200 Å². The summed E-state index contributed by atoms with van der Waals surface area (Å²) in [6.07, 6.45) is -5.35. The Balaban J connectivity index is 1.54. The molecule has 0 radical (unpaired) electrons. The second-order valence-electron chi connectivity index (χ2n) is 8.44. The Morgan fingerprint density at radius 2 is 1.63 bits per heavy atom. The lowest BCUT2D eigenvalue weighted by Gasteiger charge is -2.24. The number of halogens is 3. The zero-order chi connectivity index (χ0) is 25.6. The molecule has 0 spiro atoms. The van der Waals surface area contributed by atoms with Gasteiger partial charge in [0.25, 0.3) is 0 Å². The van der Waals surface area contributed by atoms with Crippen molar-refractivity contribution in [1.29, 1.82) is 0 Å². The van der Waals surface area contributed by atoms with Crippen LogP contribution in [0.3, 0.4) is 0 Å². The Morgan fingerprint density at radius 3 is 2.14 bits per heavy atom. The van der Waals surface area contributed by atoms with Crippen LogP contribution in [0.1, 0.15) is 36.8 Å². The van der Waals surface area contributed by atoms with Gasteiger partial charge in [0.15, 0.2) is 0 Å². The van der Waals surface area contributed by atoms with Gasteiger partial charge in [0.05, 0.1) is 0 Å². The first kappa shape index (κ1) is 26.1. The van der Waals surface area contributed by atoms with Gasteiger partial charge in [-0.3, -0.25) is 9.59 Å². The van der Waals surface area contributed by atoms with Gasteiger partial charge < -0.3 is 20.1 Å². The van der Waals surface area contributed by atoms with Gasteiger partial charge in [0.2, 0.25) is 5.91 Å². The lowest BCUT2D eigenvalue weighted by molar-refractivity contribution is -0.166. The highest BCUT2D eigenvalue weighted by molar-refractivity contribution is 5.82. The topological polar surface area (TPSA) is 95.9 Å². The number of rotatable bonds is 10. The van der Waals surface area contributed by atoms with Gasteiger partial charge in [-0.1, -0.05) is 61.9 Å². The maximum atomic E-state index is 12.7. The van der Waals surface area contributed by atoms with E-state index in [4.69, 9.17) is 9.84 Å². The molecule has 0 saturated carbocycles. The lowest BCUT2D eigenvalue weighted by atomic mass is 9.98. The third kappa shape index (κ3) is 6.97. The number of carbonyl (C=O) groups is 3. The molecule has 2 amide bonds. The summed E-state index contributed by atoms with van der Waals surface area (Å²) in [4.78, 5) is 35.8. The standard InChI is InChI=1S/C25H27F3N2O5/c1-2-16(11-22(31)30(13-23(32)33)15-25(26,27)28)12-29-24(34)35-14-21-19-9-5-3-7-17(19)18-8-4-6-10-20(18)21/h3-10,16,21H,2,11-15H2,1H3,(H,29,34)(H,32,33). The maximum Gasteiger partial charge on any atom is 0.407 e. The van der Waals surface area contributed by atoms with Crippen molar-refractivity contribution in [3.63, 3.8) is 0 Å². The molecule has 1 aliphatic rings. The first-order valence-corrected chi connectivity index (χ1v) is 11.2. The summed E-state index contributed by atoms with van der Waals surface area (Å²) in [5.74, 6) is -3.07. The highest BCUT2D eigenvalue weighted by Gasteiger charge is 2.34. The minimum Gasteiger partial charge on any atom is -0.480 e. The van der Waals surface area contributed by atoms with Crippen LogP contribution in [-0.4, -0.2) is 60.4 Å².